The van der Waals surface area contributed by atoms with Crippen LogP contribution in [0.2, 0.25) is 0 Å². The lowest BCUT2D eigenvalue weighted by molar-refractivity contribution is 0.403. The van der Waals surface area contributed by atoms with Gasteiger partial charge in [0.1, 0.15) is 6.07 Å². The van der Waals surface area contributed by atoms with Crippen molar-refractivity contribution in [1.29, 1.82) is 5.26 Å². The van der Waals surface area contributed by atoms with E-state index in [4.69, 9.17) is 15.5 Å². The molecule has 66 valence electrons. The van der Waals surface area contributed by atoms with E-state index in [2.05, 4.69) is 0 Å². The smallest absolute Gasteiger partial charge is 0.158 e. The zero-order valence-electron chi connectivity index (χ0n) is 6.53. The standard InChI is InChI=1S/C9H6INO2/c10-4-7(5-11)6-1-2-8(12)9(13)3-6/h1-4,12-13H. The van der Waals surface area contributed by atoms with Crippen LogP contribution in [-0.2, 0) is 0 Å². The lowest BCUT2D eigenvalue weighted by atomic mass is 10.1. The van der Waals surface area contributed by atoms with Gasteiger partial charge in [0.15, 0.2) is 11.5 Å². The van der Waals surface area contributed by atoms with E-state index < -0.39 is 0 Å². The fourth-order valence-electron chi connectivity index (χ4n) is 0.843. The summed E-state index contributed by atoms with van der Waals surface area (Å²) >= 11 is 1.94. The van der Waals surface area contributed by atoms with Crippen LogP contribution in [0.5, 0.6) is 11.5 Å². The molecule has 1 aromatic carbocycles. The summed E-state index contributed by atoms with van der Waals surface area (Å²) in [4.78, 5) is 0. The molecule has 0 heterocycles. The normalized spacial score (nSPS) is 10.9. The summed E-state index contributed by atoms with van der Waals surface area (Å²) in [5.74, 6) is -0.405. The first-order chi connectivity index (χ1) is 6.19. The molecule has 0 unspecified atom stereocenters. The highest BCUT2D eigenvalue weighted by atomic mass is 127. The van der Waals surface area contributed by atoms with Gasteiger partial charge in [0.25, 0.3) is 0 Å². The van der Waals surface area contributed by atoms with E-state index in [9.17, 15) is 0 Å². The van der Waals surface area contributed by atoms with Crippen LogP contribution in [0.4, 0.5) is 0 Å². The molecule has 0 bridgehead atoms. The van der Waals surface area contributed by atoms with Gasteiger partial charge in [0, 0.05) is 0 Å². The van der Waals surface area contributed by atoms with Crippen LogP contribution in [0, 0.1) is 11.3 Å². The predicted molar refractivity (Wildman–Crippen MR) is 57.4 cm³/mol. The van der Waals surface area contributed by atoms with Gasteiger partial charge >= 0.3 is 0 Å². The molecule has 0 aliphatic carbocycles. The maximum atomic E-state index is 9.15. The van der Waals surface area contributed by atoms with Crippen LogP contribution >= 0.6 is 22.6 Å². The van der Waals surface area contributed by atoms with Crippen molar-refractivity contribution in [3.05, 3.63) is 27.8 Å². The van der Waals surface area contributed by atoms with Gasteiger partial charge in [0.2, 0.25) is 0 Å². The molecule has 0 amide bonds. The van der Waals surface area contributed by atoms with Gasteiger partial charge in [-0.15, -0.1) is 0 Å². The largest absolute Gasteiger partial charge is 0.504 e. The molecule has 0 saturated carbocycles. The van der Waals surface area contributed by atoms with Crippen LogP contribution in [0.1, 0.15) is 5.56 Å². The number of halogens is 1. The Kier molecular flexibility index (Phi) is 3.14. The van der Waals surface area contributed by atoms with E-state index in [1.54, 1.807) is 10.1 Å². The number of aromatic hydroxyl groups is 2. The molecule has 2 N–H and O–H groups in total. The average molecular weight is 287 g/mol. The monoisotopic (exact) mass is 287 g/mol. The molecule has 0 aliphatic heterocycles. The molecule has 0 radical (unpaired) electrons. The second-order valence-electron chi connectivity index (χ2n) is 2.34. The Morgan fingerprint density at radius 3 is 2.54 bits per heavy atom. The first kappa shape index (κ1) is 9.86. The number of rotatable bonds is 1. The molecule has 0 aromatic heterocycles. The van der Waals surface area contributed by atoms with Gasteiger partial charge in [-0.25, -0.2) is 0 Å². The molecule has 3 nitrogen and oxygen atoms in total. The number of phenolic OH excluding ortho intramolecular Hbond substituents is 2. The molecule has 0 atom stereocenters. The summed E-state index contributed by atoms with van der Waals surface area (Å²) in [5.41, 5.74) is 1.04. The minimum Gasteiger partial charge on any atom is -0.504 e. The molecular weight excluding hydrogens is 281 g/mol. The van der Waals surface area contributed by atoms with Crippen molar-refractivity contribution in [2.24, 2.45) is 0 Å². The minimum atomic E-state index is -0.219. The zero-order chi connectivity index (χ0) is 9.84. The fourth-order valence-corrected chi connectivity index (χ4v) is 1.34. The Morgan fingerprint density at radius 2 is 2.08 bits per heavy atom. The molecule has 1 aromatic rings. The van der Waals surface area contributed by atoms with Gasteiger partial charge < -0.3 is 10.2 Å². The van der Waals surface area contributed by atoms with Crippen molar-refractivity contribution < 1.29 is 10.2 Å². The van der Waals surface area contributed by atoms with E-state index in [0.717, 1.165) is 0 Å². The quantitative estimate of drug-likeness (QED) is 0.473. The van der Waals surface area contributed by atoms with Crippen molar-refractivity contribution in [3.8, 4) is 17.6 Å². The topological polar surface area (TPSA) is 64.2 Å². The third kappa shape index (κ3) is 2.12. The summed E-state index contributed by atoms with van der Waals surface area (Å²) in [6, 6.07) is 6.25. The number of hydrogen-bond acceptors (Lipinski definition) is 3. The van der Waals surface area contributed by atoms with E-state index in [0.29, 0.717) is 11.1 Å². The number of allylic oxidation sites excluding steroid dienone is 1. The highest BCUT2D eigenvalue weighted by Gasteiger charge is 2.03. The Bertz CT molecular complexity index is 393. The van der Waals surface area contributed by atoms with E-state index in [-0.39, 0.29) is 11.5 Å². The van der Waals surface area contributed by atoms with Crippen molar-refractivity contribution in [2.45, 2.75) is 0 Å². The third-order valence-corrected chi connectivity index (χ3v) is 2.14. The van der Waals surface area contributed by atoms with Crippen LogP contribution in [0.3, 0.4) is 0 Å². The molecule has 0 fully saturated rings. The summed E-state index contributed by atoms with van der Waals surface area (Å²) in [5, 5.41) is 26.8. The van der Waals surface area contributed by atoms with Crippen molar-refractivity contribution in [1.82, 2.24) is 0 Å². The first-order valence-electron chi connectivity index (χ1n) is 3.42. The number of nitrogens with zero attached hydrogens (tertiary/aromatic N) is 1. The van der Waals surface area contributed by atoms with Crippen LogP contribution in [0.15, 0.2) is 22.3 Å². The lowest BCUT2D eigenvalue weighted by Gasteiger charge is -2.00. The number of benzene rings is 1. The minimum absolute atomic E-state index is 0.186. The van der Waals surface area contributed by atoms with Gasteiger partial charge in [-0.05, 0) is 27.8 Å². The van der Waals surface area contributed by atoms with Gasteiger partial charge in [0.05, 0.1) is 5.57 Å². The van der Waals surface area contributed by atoms with Crippen molar-refractivity contribution in [2.75, 3.05) is 0 Å². The first-order valence-corrected chi connectivity index (χ1v) is 4.66. The van der Waals surface area contributed by atoms with E-state index >= 15 is 0 Å². The molecule has 0 saturated heterocycles. The zero-order valence-corrected chi connectivity index (χ0v) is 8.69. The average Bonchev–Trinajstić information content (AvgIpc) is 2.13. The highest BCUT2D eigenvalue weighted by molar-refractivity contribution is 14.1. The van der Waals surface area contributed by atoms with E-state index in [1.165, 1.54) is 12.1 Å². The Balaban J connectivity index is 3.20. The Hall–Kier alpha value is -1.22. The van der Waals surface area contributed by atoms with Crippen molar-refractivity contribution in [3.63, 3.8) is 0 Å². The lowest BCUT2D eigenvalue weighted by Crippen LogP contribution is -1.79. The SMILES string of the molecule is N#CC(=CI)c1ccc(O)c(O)c1. The van der Waals surface area contributed by atoms with Crippen molar-refractivity contribution >= 4 is 28.2 Å². The second kappa shape index (κ2) is 4.14. The molecule has 4 heteroatoms. The Morgan fingerprint density at radius 1 is 1.38 bits per heavy atom. The second-order valence-corrected chi connectivity index (χ2v) is 2.96. The highest BCUT2D eigenvalue weighted by Crippen LogP contribution is 2.28. The summed E-state index contributed by atoms with van der Waals surface area (Å²) in [6.45, 7) is 0. The van der Waals surface area contributed by atoms with Crippen LogP contribution in [0.25, 0.3) is 5.57 Å². The number of phenols is 2. The maximum absolute atomic E-state index is 9.15. The van der Waals surface area contributed by atoms with E-state index in [1.807, 2.05) is 28.7 Å². The summed E-state index contributed by atoms with van der Waals surface area (Å²) < 4.78 is 1.61. The number of hydrogen-bond donors (Lipinski definition) is 2. The third-order valence-electron chi connectivity index (χ3n) is 1.52. The van der Waals surface area contributed by atoms with Gasteiger partial charge in [-0.2, -0.15) is 5.26 Å². The van der Waals surface area contributed by atoms with Gasteiger partial charge in [-0.3, -0.25) is 0 Å². The fraction of sp³-hybridized carbons (Fsp3) is 0. The maximum Gasteiger partial charge on any atom is 0.158 e. The molecule has 0 spiro atoms. The molecule has 13 heavy (non-hydrogen) atoms. The number of nitriles is 1. The van der Waals surface area contributed by atoms with Gasteiger partial charge in [-0.1, -0.05) is 22.6 Å². The van der Waals surface area contributed by atoms with Crippen LogP contribution < -0.4 is 0 Å². The summed E-state index contributed by atoms with van der Waals surface area (Å²) in [7, 11) is 0. The molecule has 0 aliphatic rings. The van der Waals surface area contributed by atoms with Crippen LogP contribution in [-0.4, -0.2) is 10.2 Å². The predicted octanol–water partition coefficient (Wildman–Crippen LogP) is 2.40. The summed E-state index contributed by atoms with van der Waals surface area (Å²) in [6.07, 6.45) is 0. The molecule has 1 rings (SSSR count). The Labute approximate surface area is 89.1 Å². The molecular formula is C9H6INO2.